The number of carboxylic acid groups (broad SMARTS) is 1. The molecule has 3 N–H and O–H groups in total. The molecule has 0 bridgehead atoms. The van der Waals surface area contributed by atoms with Gasteiger partial charge in [-0.05, 0) is 35.8 Å². The van der Waals surface area contributed by atoms with Gasteiger partial charge in [-0.1, -0.05) is 0 Å². The van der Waals surface area contributed by atoms with Gasteiger partial charge in [-0.3, -0.25) is 4.79 Å². The van der Waals surface area contributed by atoms with E-state index < -0.39 is 17.4 Å². The molecular weight excluding hydrogens is 250 g/mol. The number of nitrogens with two attached hydrogens (primary N) is 1. The second-order valence-corrected chi connectivity index (χ2v) is 4.59. The zero-order chi connectivity index (χ0) is 10.9. The highest BCUT2D eigenvalue weighted by atomic mass is 79.9. The molecule has 1 atom stereocenters. The first kappa shape index (κ1) is 11.3. The van der Waals surface area contributed by atoms with E-state index in [1.54, 1.807) is 19.9 Å². The molecule has 1 heterocycles. The lowest BCUT2D eigenvalue weighted by Crippen LogP contribution is -2.36. The molecule has 1 rings (SSSR count). The van der Waals surface area contributed by atoms with Crippen molar-refractivity contribution in [3.63, 3.8) is 0 Å². The zero-order valence-corrected chi connectivity index (χ0v) is 9.54. The van der Waals surface area contributed by atoms with Crippen LogP contribution in [0.5, 0.6) is 0 Å². The largest absolute Gasteiger partial charge is 0.481 e. The molecule has 4 nitrogen and oxygen atoms in total. The van der Waals surface area contributed by atoms with Crippen LogP contribution in [0, 0.1) is 5.41 Å². The van der Waals surface area contributed by atoms with E-state index in [1.165, 1.54) is 6.26 Å². The fraction of sp³-hybridized carbons (Fsp3) is 0.444. The lowest BCUT2D eigenvalue weighted by atomic mass is 9.84. The maximum absolute atomic E-state index is 10.9. The van der Waals surface area contributed by atoms with Crippen molar-refractivity contribution in [3.8, 4) is 0 Å². The van der Waals surface area contributed by atoms with Crippen LogP contribution in [0.1, 0.15) is 25.6 Å². The van der Waals surface area contributed by atoms with Gasteiger partial charge in [0.1, 0.15) is 12.0 Å². The molecule has 0 aliphatic heterocycles. The van der Waals surface area contributed by atoms with E-state index in [1.807, 2.05) is 0 Å². The highest BCUT2D eigenvalue weighted by Gasteiger charge is 2.37. The van der Waals surface area contributed by atoms with Gasteiger partial charge in [0.05, 0.1) is 15.9 Å². The summed E-state index contributed by atoms with van der Waals surface area (Å²) >= 11 is 3.21. The summed E-state index contributed by atoms with van der Waals surface area (Å²) in [6.07, 6.45) is 1.48. The molecule has 5 heteroatoms. The molecule has 0 saturated heterocycles. The Morgan fingerprint density at radius 3 is 2.64 bits per heavy atom. The number of furan rings is 1. The van der Waals surface area contributed by atoms with Crippen molar-refractivity contribution in [1.82, 2.24) is 0 Å². The van der Waals surface area contributed by atoms with Crippen LogP contribution in [0.3, 0.4) is 0 Å². The van der Waals surface area contributed by atoms with Crippen LogP contribution >= 0.6 is 15.9 Å². The Morgan fingerprint density at radius 2 is 2.29 bits per heavy atom. The summed E-state index contributed by atoms with van der Waals surface area (Å²) in [5.74, 6) is -0.484. The van der Waals surface area contributed by atoms with Crippen LogP contribution in [0.25, 0.3) is 0 Å². The van der Waals surface area contributed by atoms with Crippen LogP contribution in [0.15, 0.2) is 21.2 Å². The highest BCUT2D eigenvalue weighted by molar-refractivity contribution is 9.10. The van der Waals surface area contributed by atoms with Crippen LogP contribution in [0.4, 0.5) is 0 Å². The Morgan fingerprint density at radius 1 is 1.71 bits per heavy atom. The summed E-state index contributed by atoms with van der Waals surface area (Å²) in [5, 5.41) is 8.95. The van der Waals surface area contributed by atoms with E-state index in [2.05, 4.69) is 15.9 Å². The minimum absolute atomic E-state index is 0.462. The Labute approximate surface area is 90.2 Å². The average molecular weight is 262 g/mol. The van der Waals surface area contributed by atoms with Crippen molar-refractivity contribution < 1.29 is 14.3 Å². The summed E-state index contributed by atoms with van der Waals surface area (Å²) in [4.78, 5) is 10.9. The van der Waals surface area contributed by atoms with Gasteiger partial charge in [0.25, 0.3) is 0 Å². The second-order valence-electron chi connectivity index (χ2n) is 3.67. The molecule has 0 aliphatic carbocycles. The fourth-order valence-corrected chi connectivity index (χ4v) is 1.30. The van der Waals surface area contributed by atoms with Gasteiger partial charge >= 0.3 is 5.97 Å². The Hall–Kier alpha value is -0.810. The third-order valence-electron chi connectivity index (χ3n) is 2.22. The lowest BCUT2D eigenvalue weighted by Gasteiger charge is -2.24. The topological polar surface area (TPSA) is 76.5 Å². The van der Waals surface area contributed by atoms with Crippen molar-refractivity contribution in [2.75, 3.05) is 0 Å². The molecule has 1 aromatic rings. The molecular formula is C9H12BrNO3. The van der Waals surface area contributed by atoms with Crippen molar-refractivity contribution >= 4 is 21.9 Å². The summed E-state index contributed by atoms with van der Waals surface area (Å²) in [6, 6.07) is 1.02. The van der Waals surface area contributed by atoms with Crippen LogP contribution in [0.2, 0.25) is 0 Å². The standard InChI is InChI=1S/C9H12BrNO3/c1-9(2,8(12)13)7(11)6-3-5(10)4-14-6/h3-4,7H,11H2,1-2H3,(H,12,13). The van der Waals surface area contributed by atoms with Crippen LogP contribution in [-0.2, 0) is 4.79 Å². The first-order valence-electron chi connectivity index (χ1n) is 4.08. The number of halogens is 1. The molecule has 0 spiro atoms. The van der Waals surface area contributed by atoms with Gasteiger partial charge in [0.2, 0.25) is 0 Å². The minimum atomic E-state index is -1.04. The second kappa shape index (κ2) is 3.74. The summed E-state index contributed by atoms with van der Waals surface area (Å²) < 4.78 is 5.88. The zero-order valence-electron chi connectivity index (χ0n) is 7.95. The maximum atomic E-state index is 10.9. The monoisotopic (exact) mass is 261 g/mol. The van der Waals surface area contributed by atoms with Crippen molar-refractivity contribution in [2.45, 2.75) is 19.9 Å². The Balaban J connectivity index is 2.95. The summed E-state index contributed by atoms with van der Waals surface area (Å²) in [7, 11) is 0. The molecule has 14 heavy (non-hydrogen) atoms. The van der Waals surface area contributed by atoms with E-state index in [4.69, 9.17) is 15.3 Å². The van der Waals surface area contributed by atoms with E-state index in [-0.39, 0.29) is 0 Å². The SMILES string of the molecule is CC(C)(C(=O)O)C(N)c1cc(Br)co1. The van der Waals surface area contributed by atoms with Gasteiger partial charge in [-0.2, -0.15) is 0 Å². The van der Waals surface area contributed by atoms with Gasteiger partial charge < -0.3 is 15.3 Å². The first-order chi connectivity index (χ1) is 6.35. The number of carboxylic acids is 1. The smallest absolute Gasteiger partial charge is 0.311 e. The number of rotatable bonds is 3. The lowest BCUT2D eigenvalue weighted by molar-refractivity contribution is -0.148. The molecule has 1 unspecified atom stereocenters. The van der Waals surface area contributed by atoms with E-state index in [9.17, 15) is 4.79 Å². The van der Waals surface area contributed by atoms with Crippen molar-refractivity contribution in [1.29, 1.82) is 0 Å². The molecule has 0 radical (unpaired) electrons. The van der Waals surface area contributed by atoms with Gasteiger partial charge in [-0.15, -0.1) is 0 Å². The van der Waals surface area contributed by atoms with Gasteiger partial charge in [0, 0.05) is 0 Å². The predicted molar refractivity (Wildman–Crippen MR) is 54.8 cm³/mol. The Bertz CT molecular complexity index is 346. The first-order valence-corrected chi connectivity index (χ1v) is 4.88. The molecule has 0 aliphatic rings. The van der Waals surface area contributed by atoms with E-state index >= 15 is 0 Å². The highest BCUT2D eigenvalue weighted by Crippen LogP contribution is 2.33. The quantitative estimate of drug-likeness (QED) is 0.875. The normalized spacial score (nSPS) is 14.0. The summed E-state index contributed by atoms with van der Waals surface area (Å²) in [6.45, 7) is 3.13. The molecule has 0 aromatic carbocycles. The predicted octanol–water partition coefficient (Wildman–Crippen LogP) is 2.15. The minimum Gasteiger partial charge on any atom is -0.481 e. The van der Waals surface area contributed by atoms with Crippen molar-refractivity contribution in [3.05, 3.63) is 22.6 Å². The summed E-state index contributed by atoms with van der Waals surface area (Å²) in [5.41, 5.74) is 4.75. The van der Waals surface area contributed by atoms with Crippen LogP contribution in [-0.4, -0.2) is 11.1 Å². The number of carbonyl (C=O) groups is 1. The number of aliphatic carboxylic acids is 1. The van der Waals surface area contributed by atoms with E-state index in [0.717, 1.165) is 4.47 Å². The molecule has 0 fully saturated rings. The van der Waals surface area contributed by atoms with Crippen molar-refractivity contribution in [2.24, 2.45) is 11.1 Å². The maximum Gasteiger partial charge on any atom is 0.311 e. The third-order valence-corrected chi connectivity index (χ3v) is 2.64. The fourth-order valence-electron chi connectivity index (χ4n) is 0.980. The van der Waals surface area contributed by atoms with Gasteiger partial charge in [-0.25, -0.2) is 0 Å². The average Bonchev–Trinajstić information content (AvgIpc) is 2.50. The molecule has 0 saturated carbocycles. The van der Waals surface area contributed by atoms with E-state index in [0.29, 0.717) is 5.76 Å². The third kappa shape index (κ3) is 1.99. The molecule has 0 amide bonds. The molecule has 1 aromatic heterocycles. The number of hydrogen-bond donors (Lipinski definition) is 2. The van der Waals surface area contributed by atoms with Gasteiger partial charge in [0.15, 0.2) is 0 Å². The Kier molecular flexibility index (Phi) is 3.01. The number of hydrogen-bond acceptors (Lipinski definition) is 3. The van der Waals surface area contributed by atoms with Crippen LogP contribution < -0.4 is 5.73 Å². The molecule has 78 valence electrons.